The molecule has 0 aliphatic heterocycles. The maximum absolute atomic E-state index is 10.6. The van der Waals surface area contributed by atoms with Crippen LogP contribution in [0.1, 0.15) is 30.1 Å². The Morgan fingerprint density at radius 2 is 2.29 bits per heavy atom. The minimum absolute atomic E-state index is 0.624. The smallest absolute Gasteiger partial charge is 0.151 e. The molecule has 1 rings (SSSR count). The molecule has 0 heterocycles. The van der Waals surface area contributed by atoms with E-state index in [1.54, 1.807) is 6.07 Å². The van der Waals surface area contributed by atoms with Gasteiger partial charge in [0, 0.05) is 5.56 Å². The summed E-state index contributed by atoms with van der Waals surface area (Å²) < 4.78 is 6.26. The number of benzene rings is 1. The van der Waals surface area contributed by atoms with E-state index in [-0.39, 0.29) is 0 Å². The lowest BCUT2D eigenvalue weighted by Crippen LogP contribution is -1.98. The van der Waals surface area contributed by atoms with Gasteiger partial charge in [-0.2, -0.15) is 0 Å². The third-order valence-corrected chi connectivity index (χ3v) is 2.72. The summed E-state index contributed by atoms with van der Waals surface area (Å²) in [5.41, 5.74) is 0.624. The van der Waals surface area contributed by atoms with Crippen molar-refractivity contribution in [1.29, 1.82) is 0 Å². The standard InChI is InChI=1S/C11H13BrO2/c1-2-3-7-14-10-6-4-5-9(8-13)11(10)12/h4-6,8H,2-3,7H2,1H3. The fourth-order valence-corrected chi connectivity index (χ4v) is 1.53. The third-order valence-electron chi connectivity index (χ3n) is 1.88. The number of hydrogen-bond donors (Lipinski definition) is 0. The minimum Gasteiger partial charge on any atom is -0.492 e. The Morgan fingerprint density at radius 1 is 1.50 bits per heavy atom. The first-order valence-electron chi connectivity index (χ1n) is 4.66. The maximum atomic E-state index is 10.6. The van der Waals surface area contributed by atoms with Crippen molar-refractivity contribution in [2.75, 3.05) is 6.61 Å². The van der Waals surface area contributed by atoms with Gasteiger partial charge in [-0.25, -0.2) is 0 Å². The third kappa shape index (κ3) is 2.84. The summed E-state index contributed by atoms with van der Waals surface area (Å²) in [6.07, 6.45) is 2.94. The molecule has 0 unspecified atom stereocenters. The van der Waals surface area contributed by atoms with Crippen molar-refractivity contribution < 1.29 is 9.53 Å². The summed E-state index contributed by atoms with van der Waals surface area (Å²) in [7, 11) is 0. The molecule has 0 aromatic heterocycles. The predicted molar refractivity (Wildman–Crippen MR) is 59.9 cm³/mol. The Morgan fingerprint density at radius 3 is 2.93 bits per heavy atom. The number of rotatable bonds is 5. The molecule has 1 aromatic carbocycles. The van der Waals surface area contributed by atoms with Crippen LogP contribution in [0.4, 0.5) is 0 Å². The van der Waals surface area contributed by atoms with E-state index >= 15 is 0 Å². The zero-order valence-corrected chi connectivity index (χ0v) is 9.71. The van der Waals surface area contributed by atoms with Crippen LogP contribution < -0.4 is 4.74 Å². The van der Waals surface area contributed by atoms with Crippen LogP contribution >= 0.6 is 15.9 Å². The van der Waals surface area contributed by atoms with E-state index in [9.17, 15) is 4.79 Å². The van der Waals surface area contributed by atoms with Crippen LogP contribution in [0.5, 0.6) is 5.75 Å². The number of carbonyl (C=O) groups is 1. The summed E-state index contributed by atoms with van der Waals surface area (Å²) >= 11 is 3.34. The van der Waals surface area contributed by atoms with Crippen LogP contribution in [0, 0.1) is 0 Å². The largest absolute Gasteiger partial charge is 0.492 e. The second kappa shape index (κ2) is 5.81. The average Bonchev–Trinajstić information content (AvgIpc) is 2.21. The van der Waals surface area contributed by atoms with Gasteiger partial charge in [-0.15, -0.1) is 0 Å². The first-order valence-corrected chi connectivity index (χ1v) is 5.45. The topological polar surface area (TPSA) is 26.3 Å². The quantitative estimate of drug-likeness (QED) is 0.596. The summed E-state index contributed by atoms with van der Waals surface area (Å²) in [6, 6.07) is 5.42. The minimum atomic E-state index is 0.624. The van der Waals surface area contributed by atoms with Crippen molar-refractivity contribution in [3.63, 3.8) is 0 Å². The molecule has 0 atom stereocenters. The van der Waals surface area contributed by atoms with Gasteiger partial charge in [0.25, 0.3) is 0 Å². The normalized spacial score (nSPS) is 9.86. The Labute approximate surface area is 92.4 Å². The highest BCUT2D eigenvalue weighted by Crippen LogP contribution is 2.27. The monoisotopic (exact) mass is 256 g/mol. The molecule has 2 nitrogen and oxygen atoms in total. The lowest BCUT2D eigenvalue weighted by molar-refractivity contribution is 0.112. The SMILES string of the molecule is CCCCOc1cccc(C=O)c1Br. The van der Waals surface area contributed by atoms with Crippen LogP contribution in [0.2, 0.25) is 0 Å². The van der Waals surface area contributed by atoms with Gasteiger partial charge in [0.05, 0.1) is 11.1 Å². The summed E-state index contributed by atoms with van der Waals surface area (Å²) in [5, 5.41) is 0. The van der Waals surface area contributed by atoms with Gasteiger partial charge in [-0.1, -0.05) is 25.5 Å². The van der Waals surface area contributed by atoms with Crippen LogP contribution in [0.15, 0.2) is 22.7 Å². The van der Waals surface area contributed by atoms with E-state index in [0.29, 0.717) is 12.2 Å². The van der Waals surface area contributed by atoms with Gasteiger partial charge < -0.3 is 4.74 Å². The van der Waals surface area contributed by atoms with Crippen LogP contribution in [0.3, 0.4) is 0 Å². The van der Waals surface area contributed by atoms with Gasteiger partial charge in [0.15, 0.2) is 6.29 Å². The molecule has 0 saturated carbocycles. The van der Waals surface area contributed by atoms with Crippen molar-refractivity contribution in [3.8, 4) is 5.75 Å². The van der Waals surface area contributed by atoms with Gasteiger partial charge in [-0.05, 0) is 28.4 Å². The molecule has 0 fully saturated rings. The number of hydrogen-bond acceptors (Lipinski definition) is 2. The van der Waals surface area contributed by atoms with E-state index in [0.717, 1.165) is 29.4 Å². The number of aldehydes is 1. The number of carbonyl (C=O) groups excluding carboxylic acids is 1. The summed E-state index contributed by atoms with van der Waals surface area (Å²) in [4.78, 5) is 10.6. The Kier molecular flexibility index (Phi) is 4.66. The Balaban J connectivity index is 2.71. The predicted octanol–water partition coefficient (Wildman–Crippen LogP) is 3.44. The van der Waals surface area contributed by atoms with Crippen molar-refractivity contribution in [2.45, 2.75) is 19.8 Å². The summed E-state index contributed by atoms with van der Waals surface area (Å²) in [5.74, 6) is 0.739. The molecule has 0 N–H and O–H groups in total. The molecule has 0 spiro atoms. The highest BCUT2D eigenvalue weighted by atomic mass is 79.9. The lowest BCUT2D eigenvalue weighted by Gasteiger charge is -2.08. The lowest BCUT2D eigenvalue weighted by atomic mass is 10.2. The molecule has 0 saturated heterocycles. The molecule has 0 radical (unpaired) electrons. The van der Waals surface area contributed by atoms with Crippen molar-refractivity contribution in [1.82, 2.24) is 0 Å². The van der Waals surface area contributed by atoms with Crippen LogP contribution in [-0.2, 0) is 0 Å². The van der Waals surface area contributed by atoms with E-state index in [4.69, 9.17) is 4.74 Å². The first-order chi connectivity index (χ1) is 6.79. The molecular formula is C11H13BrO2. The molecule has 76 valence electrons. The average molecular weight is 257 g/mol. The number of halogens is 1. The molecule has 1 aromatic rings. The van der Waals surface area contributed by atoms with E-state index in [1.807, 2.05) is 12.1 Å². The number of unbranched alkanes of at least 4 members (excludes halogenated alkanes) is 1. The van der Waals surface area contributed by atoms with Gasteiger partial charge in [0.2, 0.25) is 0 Å². The molecule has 0 bridgehead atoms. The van der Waals surface area contributed by atoms with Crippen molar-refractivity contribution >= 4 is 22.2 Å². The van der Waals surface area contributed by atoms with Gasteiger partial charge >= 0.3 is 0 Å². The van der Waals surface area contributed by atoms with Gasteiger partial charge in [0.1, 0.15) is 5.75 Å². The Hall–Kier alpha value is -0.830. The second-order valence-electron chi connectivity index (χ2n) is 2.98. The van der Waals surface area contributed by atoms with Crippen molar-refractivity contribution in [2.24, 2.45) is 0 Å². The molecular weight excluding hydrogens is 244 g/mol. The zero-order valence-electron chi connectivity index (χ0n) is 8.13. The maximum Gasteiger partial charge on any atom is 0.151 e. The molecule has 0 aliphatic carbocycles. The molecule has 14 heavy (non-hydrogen) atoms. The fourth-order valence-electron chi connectivity index (χ4n) is 1.06. The number of ether oxygens (including phenoxy) is 1. The Bertz CT molecular complexity index is 310. The van der Waals surface area contributed by atoms with E-state index in [1.165, 1.54) is 0 Å². The highest BCUT2D eigenvalue weighted by Gasteiger charge is 2.04. The van der Waals surface area contributed by atoms with Crippen molar-refractivity contribution in [3.05, 3.63) is 28.2 Å². The highest BCUT2D eigenvalue weighted by molar-refractivity contribution is 9.10. The summed E-state index contributed by atoms with van der Waals surface area (Å²) in [6.45, 7) is 2.80. The molecule has 0 aliphatic rings. The zero-order chi connectivity index (χ0) is 10.4. The van der Waals surface area contributed by atoms with Crippen LogP contribution in [0.25, 0.3) is 0 Å². The fraction of sp³-hybridized carbons (Fsp3) is 0.364. The van der Waals surface area contributed by atoms with E-state index < -0.39 is 0 Å². The van der Waals surface area contributed by atoms with Crippen LogP contribution in [-0.4, -0.2) is 12.9 Å². The second-order valence-corrected chi connectivity index (χ2v) is 3.77. The molecule has 0 amide bonds. The first kappa shape index (κ1) is 11.2. The van der Waals surface area contributed by atoms with Gasteiger partial charge in [-0.3, -0.25) is 4.79 Å². The van der Waals surface area contributed by atoms with E-state index in [2.05, 4.69) is 22.9 Å². The molecule has 3 heteroatoms.